The van der Waals surface area contributed by atoms with Crippen LogP contribution < -0.4 is 10.6 Å². The number of hydrogen-bond acceptors (Lipinski definition) is 3. The van der Waals surface area contributed by atoms with Gasteiger partial charge < -0.3 is 5.32 Å². The first kappa shape index (κ1) is 21.4. The van der Waals surface area contributed by atoms with Crippen LogP contribution in [-0.4, -0.2) is 28.6 Å². The van der Waals surface area contributed by atoms with Crippen molar-refractivity contribution in [3.8, 4) is 11.3 Å². The summed E-state index contributed by atoms with van der Waals surface area (Å²) in [5.41, 5.74) is 1.59. The summed E-state index contributed by atoms with van der Waals surface area (Å²) in [6, 6.07) is 11.9. The maximum Gasteiger partial charge on any atom is 0.258 e. The topological polar surface area (TPSA) is 82.2 Å². The summed E-state index contributed by atoms with van der Waals surface area (Å²) in [6.07, 6.45) is 0. The first-order valence-corrected chi connectivity index (χ1v) is 9.59. The molecule has 0 fully saturated rings. The predicted octanol–water partition coefficient (Wildman–Crippen LogP) is 4.86. The molecule has 0 spiro atoms. The van der Waals surface area contributed by atoms with Crippen molar-refractivity contribution >= 4 is 29.3 Å². The number of rotatable bonds is 5. The summed E-state index contributed by atoms with van der Waals surface area (Å²) < 4.78 is 26.6. The van der Waals surface area contributed by atoms with Gasteiger partial charge in [-0.3, -0.25) is 20.2 Å². The van der Waals surface area contributed by atoms with E-state index in [1.807, 2.05) is 26.0 Å². The molecule has 9 heteroatoms. The molecule has 0 saturated carbocycles. The van der Waals surface area contributed by atoms with E-state index in [2.05, 4.69) is 25.8 Å². The highest BCUT2D eigenvalue weighted by atomic mass is 35.5. The lowest BCUT2D eigenvalue weighted by Crippen LogP contribution is -2.36. The van der Waals surface area contributed by atoms with Crippen LogP contribution in [-0.2, 0) is 0 Å². The van der Waals surface area contributed by atoms with E-state index in [9.17, 15) is 13.6 Å². The molecule has 1 amide bonds. The molecular weight excluding hydrogens is 412 g/mol. The lowest BCUT2D eigenvalue weighted by atomic mass is 10.1. The first-order valence-electron chi connectivity index (χ1n) is 9.21. The highest BCUT2D eigenvalue weighted by Crippen LogP contribution is 2.21. The first-order chi connectivity index (χ1) is 14.3. The Balaban J connectivity index is 1.77. The molecule has 6 nitrogen and oxygen atoms in total. The van der Waals surface area contributed by atoms with Crippen molar-refractivity contribution in [2.45, 2.75) is 13.8 Å². The molecule has 0 aliphatic heterocycles. The van der Waals surface area contributed by atoms with Gasteiger partial charge in [0.2, 0.25) is 5.96 Å². The number of anilines is 1. The molecule has 0 bridgehead atoms. The maximum atomic E-state index is 13.4. The minimum absolute atomic E-state index is 0.0307. The number of amides is 1. The second-order valence-corrected chi connectivity index (χ2v) is 7.40. The van der Waals surface area contributed by atoms with Crippen LogP contribution >= 0.6 is 11.6 Å². The third-order valence-corrected chi connectivity index (χ3v) is 4.26. The van der Waals surface area contributed by atoms with Gasteiger partial charge in [0.15, 0.2) is 17.5 Å². The van der Waals surface area contributed by atoms with Gasteiger partial charge >= 0.3 is 0 Å². The lowest BCUT2D eigenvalue weighted by molar-refractivity contribution is 0.0976. The molecule has 3 aromatic rings. The van der Waals surface area contributed by atoms with Gasteiger partial charge in [-0.2, -0.15) is 5.10 Å². The highest BCUT2D eigenvalue weighted by molar-refractivity contribution is 6.30. The standard InChI is InChI=1S/C21H20ClF2N5O/c1-12(2)11-25-21(27-20(30)14-5-8-16(23)17(24)9-14)26-19-10-18(28-29-19)13-3-6-15(22)7-4-13/h3-10,12H,11H2,1-2H3,(H3,25,26,27,28,29,30). The predicted molar refractivity (Wildman–Crippen MR) is 114 cm³/mol. The average molecular weight is 432 g/mol. The summed E-state index contributed by atoms with van der Waals surface area (Å²) in [5, 5.41) is 13.2. The van der Waals surface area contributed by atoms with Gasteiger partial charge in [-0.15, -0.1) is 0 Å². The summed E-state index contributed by atoms with van der Waals surface area (Å²) in [4.78, 5) is 16.8. The summed E-state index contributed by atoms with van der Waals surface area (Å²) in [5.74, 6) is -1.94. The largest absolute Gasteiger partial charge is 0.309 e. The summed E-state index contributed by atoms with van der Waals surface area (Å²) in [6.45, 7) is 4.39. The van der Waals surface area contributed by atoms with Crippen molar-refractivity contribution < 1.29 is 13.6 Å². The van der Waals surface area contributed by atoms with E-state index in [0.717, 1.165) is 23.4 Å². The maximum absolute atomic E-state index is 13.4. The number of hydrogen-bond donors (Lipinski definition) is 3. The van der Waals surface area contributed by atoms with Crippen molar-refractivity contribution in [2.24, 2.45) is 10.9 Å². The van der Waals surface area contributed by atoms with Gasteiger partial charge in [0.25, 0.3) is 5.91 Å². The van der Waals surface area contributed by atoms with Crippen LogP contribution in [0.3, 0.4) is 0 Å². The third-order valence-electron chi connectivity index (χ3n) is 4.01. The molecule has 1 aromatic heterocycles. The molecule has 3 N–H and O–H groups in total. The number of carbonyl (C=O) groups is 1. The Hall–Kier alpha value is -3.26. The van der Waals surface area contributed by atoms with Crippen molar-refractivity contribution in [2.75, 3.05) is 11.9 Å². The van der Waals surface area contributed by atoms with E-state index in [0.29, 0.717) is 17.4 Å². The summed E-state index contributed by atoms with van der Waals surface area (Å²) >= 11 is 5.91. The Morgan fingerprint density at radius 2 is 1.87 bits per heavy atom. The number of aromatic nitrogens is 2. The number of guanidine groups is 1. The zero-order chi connectivity index (χ0) is 21.7. The normalized spacial score (nSPS) is 11.6. The molecule has 0 atom stereocenters. The van der Waals surface area contributed by atoms with Crippen LogP contribution in [0.25, 0.3) is 11.3 Å². The quantitative estimate of drug-likeness (QED) is 0.398. The zero-order valence-corrected chi connectivity index (χ0v) is 17.1. The molecule has 30 heavy (non-hydrogen) atoms. The fraction of sp³-hybridized carbons (Fsp3) is 0.190. The van der Waals surface area contributed by atoms with E-state index in [4.69, 9.17) is 11.6 Å². The van der Waals surface area contributed by atoms with Gasteiger partial charge in [-0.05, 0) is 41.8 Å². The highest BCUT2D eigenvalue weighted by Gasteiger charge is 2.14. The molecule has 3 rings (SSSR count). The number of benzene rings is 2. The monoisotopic (exact) mass is 431 g/mol. The number of halogens is 3. The molecule has 0 aliphatic rings. The van der Waals surface area contributed by atoms with Gasteiger partial charge in [-0.1, -0.05) is 37.6 Å². The minimum atomic E-state index is -1.10. The van der Waals surface area contributed by atoms with Gasteiger partial charge in [0.05, 0.1) is 5.69 Å². The van der Waals surface area contributed by atoms with Crippen molar-refractivity contribution in [1.82, 2.24) is 15.5 Å². The Bertz CT molecular complexity index is 1060. The lowest BCUT2D eigenvalue weighted by Gasteiger charge is -2.11. The zero-order valence-electron chi connectivity index (χ0n) is 16.3. The Kier molecular flexibility index (Phi) is 6.79. The second kappa shape index (κ2) is 9.49. The molecule has 156 valence electrons. The molecule has 0 unspecified atom stereocenters. The number of aliphatic imine (C=N–C) groups is 1. The Morgan fingerprint density at radius 1 is 1.13 bits per heavy atom. The van der Waals surface area contributed by atoms with Crippen LogP contribution in [0.15, 0.2) is 53.5 Å². The number of H-pyrrole nitrogens is 1. The number of nitrogens with one attached hydrogen (secondary N) is 3. The number of aromatic amines is 1. The van der Waals surface area contributed by atoms with Crippen LogP contribution in [0.5, 0.6) is 0 Å². The van der Waals surface area contributed by atoms with Gasteiger partial charge in [0.1, 0.15) is 0 Å². The van der Waals surface area contributed by atoms with E-state index < -0.39 is 17.5 Å². The second-order valence-electron chi connectivity index (χ2n) is 6.96. The smallest absolute Gasteiger partial charge is 0.258 e. The van der Waals surface area contributed by atoms with Gasteiger partial charge in [-0.25, -0.2) is 8.78 Å². The van der Waals surface area contributed by atoms with E-state index >= 15 is 0 Å². The van der Waals surface area contributed by atoms with Crippen LogP contribution in [0.4, 0.5) is 14.6 Å². The number of nitrogens with zero attached hydrogens (tertiary/aromatic N) is 2. The van der Waals surface area contributed by atoms with E-state index in [1.165, 1.54) is 6.07 Å². The fourth-order valence-electron chi connectivity index (χ4n) is 2.49. The minimum Gasteiger partial charge on any atom is -0.309 e. The van der Waals surface area contributed by atoms with E-state index in [1.54, 1.807) is 18.2 Å². The molecule has 2 aromatic carbocycles. The number of carbonyl (C=O) groups excluding carboxylic acids is 1. The third kappa shape index (κ3) is 5.64. The van der Waals surface area contributed by atoms with Crippen molar-refractivity contribution in [1.29, 1.82) is 0 Å². The average Bonchev–Trinajstić information content (AvgIpc) is 3.17. The van der Waals surface area contributed by atoms with E-state index in [-0.39, 0.29) is 17.4 Å². The molecule has 1 heterocycles. The Morgan fingerprint density at radius 3 is 2.53 bits per heavy atom. The van der Waals surface area contributed by atoms with Crippen LogP contribution in [0.2, 0.25) is 5.02 Å². The molecule has 0 aliphatic carbocycles. The SMILES string of the molecule is CC(C)CN=C(NC(=O)c1ccc(F)c(F)c1)Nc1cc(-c2ccc(Cl)cc2)[nH]n1. The van der Waals surface area contributed by atoms with Crippen LogP contribution in [0.1, 0.15) is 24.2 Å². The summed E-state index contributed by atoms with van der Waals surface area (Å²) in [7, 11) is 0. The van der Waals surface area contributed by atoms with Gasteiger partial charge in [0, 0.05) is 23.2 Å². The molecular formula is C21H20ClF2N5O. The van der Waals surface area contributed by atoms with Crippen LogP contribution in [0, 0.1) is 17.6 Å². The van der Waals surface area contributed by atoms with Crippen molar-refractivity contribution in [3.05, 3.63) is 70.8 Å². The molecule has 0 radical (unpaired) electrons. The molecule has 0 saturated heterocycles. The van der Waals surface area contributed by atoms with Crippen molar-refractivity contribution in [3.63, 3.8) is 0 Å². The Labute approximate surface area is 177 Å². The fourth-order valence-corrected chi connectivity index (χ4v) is 2.61.